The number of nitrogens with zero attached hydrogens (tertiary/aromatic N) is 4. The van der Waals surface area contributed by atoms with Gasteiger partial charge in [0.25, 0.3) is 5.91 Å². The van der Waals surface area contributed by atoms with Crippen molar-refractivity contribution in [3.8, 4) is 0 Å². The Labute approximate surface area is 262 Å². The second-order valence-corrected chi connectivity index (χ2v) is 11.0. The van der Waals surface area contributed by atoms with Gasteiger partial charge in [-0.1, -0.05) is 42.4 Å². The maximum atomic E-state index is 13.6. The fourth-order valence-electron chi connectivity index (χ4n) is 4.95. The summed E-state index contributed by atoms with van der Waals surface area (Å²) < 4.78 is 0. The van der Waals surface area contributed by atoms with E-state index in [4.69, 9.17) is 11.6 Å². The Morgan fingerprint density at radius 3 is 2.36 bits per heavy atom. The fourth-order valence-corrected chi connectivity index (χ4v) is 5.22. The molecule has 1 fully saturated rings. The molecule has 2 heterocycles. The summed E-state index contributed by atoms with van der Waals surface area (Å²) in [5.74, 6) is -0.296. The molecule has 3 aromatic carbocycles. The molecule has 1 saturated heterocycles. The van der Waals surface area contributed by atoms with Gasteiger partial charge in [0.1, 0.15) is 11.4 Å². The summed E-state index contributed by atoms with van der Waals surface area (Å²) in [7, 11) is 2.14. The van der Waals surface area contributed by atoms with E-state index in [9.17, 15) is 9.59 Å². The second kappa shape index (κ2) is 13.6. The summed E-state index contributed by atoms with van der Waals surface area (Å²) in [5, 5.41) is 12.6. The number of likely N-dealkylation sites (N-methyl/N-ethyl adjacent to an activating group) is 1. The van der Waals surface area contributed by atoms with Crippen molar-refractivity contribution >= 4 is 63.6 Å². The van der Waals surface area contributed by atoms with E-state index in [1.165, 1.54) is 18.0 Å². The van der Waals surface area contributed by atoms with Gasteiger partial charge in [0.15, 0.2) is 0 Å². The Hall–Kier alpha value is -4.93. The van der Waals surface area contributed by atoms with Crippen LogP contribution in [-0.2, 0) is 4.79 Å². The van der Waals surface area contributed by atoms with Gasteiger partial charge in [-0.3, -0.25) is 9.59 Å². The van der Waals surface area contributed by atoms with Crippen LogP contribution in [0.3, 0.4) is 0 Å². The lowest BCUT2D eigenvalue weighted by molar-refractivity contribution is -0.111. The molecule has 0 bridgehead atoms. The van der Waals surface area contributed by atoms with E-state index in [1.54, 1.807) is 24.3 Å². The van der Waals surface area contributed by atoms with E-state index in [2.05, 4.69) is 73.7 Å². The number of nitrogens with one attached hydrogen (secondary N) is 4. The largest absolute Gasteiger partial charge is 0.369 e. The van der Waals surface area contributed by atoms with Gasteiger partial charge in [0.2, 0.25) is 11.9 Å². The molecule has 11 heteroatoms. The van der Waals surface area contributed by atoms with E-state index < -0.39 is 5.91 Å². The van der Waals surface area contributed by atoms with Crippen molar-refractivity contribution in [1.29, 1.82) is 0 Å². The van der Waals surface area contributed by atoms with E-state index in [-0.39, 0.29) is 23.2 Å². The highest BCUT2D eigenvalue weighted by atomic mass is 35.5. The molecule has 226 valence electrons. The Kier molecular flexibility index (Phi) is 9.42. The zero-order valence-electron chi connectivity index (χ0n) is 24.9. The van der Waals surface area contributed by atoms with Crippen molar-refractivity contribution in [2.75, 3.05) is 59.4 Å². The summed E-state index contributed by atoms with van der Waals surface area (Å²) in [6.45, 7) is 11.5. The predicted octanol–water partition coefficient (Wildman–Crippen LogP) is 6.36. The molecule has 0 radical (unpaired) electrons. The van der Waals surface area contributed by atoms with Crippen LogP contribution in [0.5, 0.6) is 0 Å². The van der Waals surface area contributed by atoms with Crippen LogP contribution in [0.4, 0.5) is 40.2 Å². The Morgan fingerprint density at radius 2 is 1.66 bits per heavy atom. The smallest absolute Gasteiger partial charge is 0.261 e. The number of aryl methyl sites for hydroxylation is 2. The van der Waals surface area contributed by atoms with Crippen LogP contribution >= 0.6 is 11.6 Å². The van der Waals surface area contributed by atoms with Crippen LogP contribution in [0.1, 0.15) is 21.5 Å². The summed E-state index contributed by atoms with van der Waals surface area (Å²) in [5.41, 5.74) is 5.67. The minimum atomic E-state index is -0.449. The summed E-state index contributed by atoms with van der Waals surface area (Å²) in [6, 6.07) is 18.7. The van der Waals surface area contributed by atoms with E-state index in [0.29, 0.717) is 22.1 Å². The van der Waals surface area contributed by atoms with Gasteiger partial charge < -0.3 is 31.1 Å². The lowest BCUT2D eigenvalue weighted by atomic mass is 10.1. The number of halogens is 1. The van der Waals surface area contributed by atoms with E-state index in [0.717, 1.165) is 43.0 Å². The van der Waals surface area contributed by atoms with Gasteiger partial charge in [-0.2, -0.15) is 4.98 Å². The topological polar surface area (TPSA) is 115 Å². The average molecular weight is 611 g/mol. The Morgan fingerprint density at radius 1 is 0.909 bits per heavy atom. The first-order valence-electron chi connectivity index (χ1n) is 14.3. The molecule has 4 N–H and O–H groups in total. The first-order chi connectivity index (χ1) is 21.2. The van der Waals surface area contributed by atoms with Crippen LogP contribution < -0.4 is 26.2 Å². The Balaban J connectivity index is 1.45. The molecule has 0 unspecified atom stereocenters. The molecule has 10 nitrogen and oxygen atoms in total. The van der Waals surface area contributed by atoms with Gasteiger partial charge >= 0.3 is 0 Å². The number of rotatable bonds is 9. The van der Waals surface area contributed by atoms with Crippen molar-refractivity contribution in [3.63, 3.8) is 0 Å². The number of carbonyl (C=O) groups excluding carboxylic acids is 2. The molecule has 0 spiro atoms. The fraction of sp³-hybridized carbons (Fsp3) is 0.212. The molecule has 44 heavy (non-hydrogen) atoms. The summed E-state index contributed by atoms with van der Waals surface area (Å²) in [4.78, 5) is 39.5. The molecule has 1 aliphatic heterocycles. The number of anilines is 7. The van der Waals surface area contributed by atoms with Crippen LogP contribution in [0.15, 0.2) is 79.5 Å². The SMILES string of the molecule is C=CC(=O)Nc1ccccc1Nc1nc(Nc2ccc(N3CCN(C)CC3)c(C)c2)ncc1C(=O)Nc1c(C)cccc1Cl. The third-order valence-electron chi connectivity index (χ3n) is 7.41. The number of benzene rings is 3. The number of hydrogen-bond acceptors (Lipinski definition) is 8. The molecule has 0 aliphatic carbocycles. The number of hydrogen-bond donors (Lipinski definition) is 4. The molecule has 2 amide bonds. The molecule has 1 aromatic heterocycles. The van der Waals surface area contributed by atoms with Gasteiger partial charge in [-0.05, 0) is 74.5 Å². The highest BCUT2D eigenvalue weighted by molar-refractivity contribution is 6.34. The molecular weight excluding hydrogens is 576 g/mol. The maximum absolute atomic E-state index is 13.6. The highest BCUT2D eigenvalue weighted by Gasteiger charge is 2.20. The maximum Gasteiger partial charge on any atom is 0.261 e. The van der Waals surface area contributed by atoms with E-state index >= 15 is 0 Å². The quantitative estimate of drug-likeness (QED) is 0.162. The van der Waals surface area contributed by atoms with Gasteiger partial charge in [-0.15, -0.1) is 0 Å². The van der Waals surface area contributed by atoms with Crippen molar-refractivity contribution in [1.82, 2.24) is 14.9 Å². The highest BCUT2D eigenvalue weighted by Crippen LogP contribution is 2.31. The van der Waals surface area contributed by atoms with Gasteiger partial charge in [0, 0.05) is 43.8 Å². The molecule has 1 aliphatic rings. The standard InChI is InChI=1S/C33H35ClN8O2/c1-5-29(43)37-26-11-6-7-12-27(26)38-31-24(32(44)39-30-21(2)9-8-10-25(30)34)20-35-33(40-31)36-23-13-14-28(22(3)19-23)42-17-15-41(4)16-18-42/h5-14,19-20H,1,15-18H2,2-4H3,(H,37,43)(H,39,44)(H2,35,36,38,40). The molecule has 0 atom stereocenters. The summed E-state index contributed by atoms with van der Waals surface area (Å²) in [6.07, 6.45) is 2.64. The monoisotopic (exact) mass is 610 g/mol. The summed E-state index contributed by atoms with van der Waals surface area (Å²) >= 11 is 6.38. The lowest BCUT2D eigenvalue weighted by Gasteiger charge is -2.35. The Bertz CT molecular complexity index is 1680. The second-order valence-electron chi connectivity index (χ2n) is 10.6. The minimum Gasteiger partial charge on any atom is -0.369 e. The van der Waals surface area contributed by atoms with Crippen LogP contribution in [0, 0.1) is 13.8 Å². The number of aromatic nitrogens is 2. The van der Waals surface area contributed by atoms with Crippen LogP contribution in [-0.4, -0.2) is 59.9 Å². The van der Waals surface area contributed by atoms with Crippen molar-refractivity contribution in [3.05, 3.63) is 101 Å². The molecule has 4 aromatic rings. The van der Waals surface area contributed by atoms with E-state index in [1.807, 2.05) is 31.2 Å². The number of amides is 2. The van der Waals surface area contributed by atoms with Crippen molar-refractivity contribution in [2.45, 2.75) is 13.8 Å². The van der Waals surface area contributed by atoms with Crippen molar-refractivity contribution < 1.29 is 9.59 Å². The van der Waals surface area contributed by atoms with Crippen LogP contribution in [0.2, 0.25) is 5.02 Å². The molecule has 5 rings (SSSR count). The zero-order chi connectivity index (χ0) is 31.2. The molecule has 0 saturated carbocycles. The first-order valence-corrected chi connectivity index (χ1v) is 14.6. The third kappa shape index (κ3) is 7.16. The van der Waals surface area contributed by atoms with Crippen molar-refractivity contribution in [2.24, 2.45) is 0 Å². The average Bonchev–Trinajstić information content (AvgIpc) is 3.01. The van der Waals surface area contributed by atoms with Gasteiger partial charge in [-0.25, -0.2) is 4.98 Å². The predicted molar refractivity (Wildman–Crippen MR) is 179 cm³/mol. The normalized spacial score (nSPS) is 13.2. The number of piperazine rings is 1. The third-order valence-corrected chi connectivity index (χ3v) is 7.73. The lowest BCUT2D eigenvalue weighted by Crippen LogP contribution is -2.44. The van der Waals surface area contributed by atoms with Gasteiger partial charge in [0.05, 0.1) is 22.1 Å². The van der Waals surface area contributed by atoms with Crippen LogP contribution in [0.25, 0.3) is 0 Å². The first kappa shape index (κ1) is 30.5. The number of carbonyl (C=O) groups is 2. The molecular formula is C33H35ClN8O2. The minimum absolute atomic E-state index is 0.182. The number of para-hydroxylation sites is 3. The zero-order valence-corrected chi connectivity index (χ0v) is 25.7.